The molecule has 0 bridgehead atoms. The topological polar surface area (TPSA) is 41.5 Å². The van der Waals surface area contributed by atoms with E-state index in [1.54, 1.807) is 0 Å². The van der Waals surface area contributed by atoms with Gasteiger partial charge in [-0.3, -0.25) is 4.79 Å². The molecule has 3 nitrogen and oxygen atoms in total. The molecule has 0 saturated carbocycles. The third-order valence-corrected chi connectivity index (χ3v) is 6.92. The Balaban J connectivity index is 1.97. The van der Waals surface area contributed by atoms with Crippen molar-refractivity contribution in [3.05, 3.63) is 59.4 Å². The van der Waals surface area contributed by atoms with Crippen LogP contribution in [0.5, 0.6) is 0 Å². The lowest BCUT2D eigenvalue weighted by Crippen LogP contribution is -2.19. The van der Waals surface area contributed by atoms with Gasteiger partial charge in [-0.1, -0.05) is 86.1 Å². The van der Waals surface area contributed by atoms with E-state index in [0.717, 1.165) is 21.8 Å². The summed E-state index contributed by atoms with van der Waals surface area (Å²) in [7, 11) is 0. The number of thioether (sulfide) groups is 1. The van der Waals surface area contributed by atoms with Crippen LogP contribution in [0.4, 0.5) is 0 Å². The summed E-state index contributed by atoms with van der Waals surface area (Å²) in [5.74, 6) is -0.321. The lowest BCUT2D eigenvalue weighted by atomic mass is 10.2. The maximum atomic E-state index is 11.9. The minimum Gasteiger partial charge on any atom is -0.272 e. The van der Waals surface area contributed by atoms with Crippen LogP contribution in [-0.4, -0.2) is 17.9 Å². The molecule has 25 heavy (non-hydrogen) atoms. The number of amides is 1. The lowest BCUT2D eigenvalue weighted by molar-refractivity contribution is -0.118. The zero-order valence-corrected chi connectivity index (χ0v) is 18.3. The number of hydrazone groups is 1. The Morgan fingerprint density at radius 1 is 1.00 bits per heavy atom. The van der Waals surface area contributed by atoms with Gasteiger partial charge in [0, 0.05) is 9.37 Å². The van der Waals surface area contributed by atoms with E-state index in [1.165, 1.54) is 6.21 Å². The number of benzene rings is 2. The van der Waals surface area contributed by atoms with Crippen LogP contribution in [0, 0.1) is 0 Å². The van der Waals surface area contributed by atoms with E-state index in [1.807, 2.05) is 24.3 Å². The molecule has 0 aliphatic rings. The number of hydrogen-bond donors (Lipinski definition) is 1. The average Bonchev–Trinajstić information content (AvgIpc) is 2.60. The number of nitrogens with one attached hydrogen (secondary N) is 1. The van der Waals surface area contributed by atoms with Gasteiger partial charge in [0.2, 0.25) is 5.91 Å². The molecule has 0 atom stereocenters. The number of carbonyl (C=O) groups excluding carboxylic acids is 1. The van der Waals surface area contributed by atoms with Crippen LogP contribution in [0.1, 0.15) is 5.56 Å². The second kappa shape index (κ2) is 9.70. The molecule has 132 valence electrons. The highest BCUT2D eigenvalue weighted by atomic mass is 79.9. The average molecular weight is 521 g/mol. The van der Waals surface area contributed by atoms with Crippen molar-refractivity contribution in [1.29, 1.82) is 0 Å². The minimum atomic E-state index is -0.340. The highest BCUT2D eigenvalue weighted by molar-refractivity contribution is 9.10. The summed E-state index contributed by atoms with van der Waals surface area (Å²) in [5, 5.41) is 4.44. The van der Waals surface area contributed by atoms with Gasteiger partial charge in [0.15, 0.2) is 0 Å². The molecule has 0 aliphatic carbocycles. The number of nitrogens with zero attached hydrogens (tertiary/aromatic N) is 1. The summed E-state index contributed by atoms with van der Waals surface area (Å²) < 4.78 is 0.958. The largest absolute Gasteiger partial charge is 0.272 e. The molecule has 2 rings (SSSR count). The van der Waals surface area contributed by atoms with E-state index in [4.69, 9.17) is 58.0 Å². The monoisotopic (exact) mass is 518 g/mol. The molecule has 0 spiro atoms. The van der Waals surface area contributed by atoms with E-state index in [-0.39, 0.29) is 36.8 Å². The first kappa shape index (κ1) is 21.2. The molecule has 0 aliphatic heterocycles. The molecule has 1 amide bonds. The summed E-state index contributed by atoms with van der Waals surface area (Å²) in [4.78, 5) is 12.3. The van der Waals surface area contributed by atoms with E-state index < -0.39 is 0 Å². The van der Waals surface area contributed by atoms with Gasteiger partial charge < -0.3 is 0 Å². The normalized spacial score (nSPS) is 11.1. The van der Waals surface area contributed by atoms with Gasteiger partial charge in [0.1, 0.15) is 0 Å². The van der Waals surface area contributed by atoms with Gasteiger partial charge >= 0.3 is 0 Å². The maximum absolute atomic E-state index is 11.9. The van der Waals surface area contributed by atoms with Gasteiger partial charge in [0.25, 0.3) is 0 Å². The number of halogens is 6. The Morgan fingerprint density at radius 2 is 1.52 bits per heavy atom. The molecule has 0 saturated heterocycles. The summed E-state index contributed by atoms with van der Waals surface area (Å²) in [6.07, 6.45) is 1.53. The van der Waals surface area contributed by atoms with Crippen LogP contribution in [0.2, 0.25) is 25.1 Å². The summed E-state index contributed by atoms with van der Waals surface area (Å²) in [6.45, 7) is 0. The van der Waals surface area contributed by atoms with Crippen molar-refractivity contribution in [1.82, 2.24) is 5.43 Å². The van der Waals surface area contributed by atoms with Crippen molar-refractivity contribution in [2.45, 2.75) is 4.90 Å². The molecule has 0 unspecified atom stereocenters. The van der Waals surface area contributed by atoms with Crippen molar-refractivity contribution >= 4 is 97.8 Å². The van der Waals surface area contributed by atoms with Crippen molar-refractivity contribution in [3.8, 4) is 0 Å². The van der Waals surface area contributed by atoms with E-state index in [0.29, 0.717) is 4.90 Å². The van der Waals surface area contributed by atoms with Crippen molar-refractivity contribution in [2.75, 3.05) is 5.75 Å². The first-order valence-electron chi connectivity index (χ1n) is 6.53. The minimum absolute atomic E-state index is 0.0193. The molecule has 2 aromatic rings. The van der Waals surface area contributed by atoms with Gasteiger partial charge in [0.05, 0.1) is 37.1 Å². The number of carbonyl (C=O) groups is 1. The van der Waals surface area contributed by atoms with Crippen LogP contribution < -0.4 is 5.43 Å². The predicted octanol–water partition coefficient (Wildman–Crippen LogP) is 6.96. The van der Waals surface area contributed by atoms with Crippen molar-refractivity contribution in [3.63, 3.8) is 0 Å². The zero-order chi connectivity index (χ0) is 18.6. The standard InChI is InChI=1S/C15H8BrCl5N2OS/c16-8-3-1-7(2-4-8)5-22-23-9(24)6-25-15-13(20)11(18)10(17)12(19)14(15)21/h1-5H,6H2,(H,23,24)/b22-5-. The molecule has 1 N–H and O–H groups in total. The molecular weight excluding hydrogens is 513 g/mol. The van der Waals surface area contributed by atoms with E-state index in [2.05, 4.69) is 26.5 Å². The molecule has 0 heterocycles. The highest BCUT2D eigenvalue weighted by Gasteiger charge is 2.20. The van der Waals surface area contributed by atoms with Gasteiger partial charge in [-0.15, -0.1) is 11.8 Å². The Hall–Kier alpha value is -0.140. The Bertz CT molecular complexity index is 801. The quantitative estimate of drug-likeness (QED) is 0.152. The van der Waals surface area contributed by atoms with Crippen molar-refractivity contribution < 1.29 is 4.79 Å². The first-order chi connectivity index (χ1) is 11.8. The molecule has 0 radical (unpaired) electrons. The molecule has 0 aromatic heterocycles. The Morgan fingerprint density at radius 3 is 2.08 bits per heavy atom. The molecule has 2 aromatic carbocycles. The van der Waals surface area contributed by atoms with Crippen LogP contribution in [0.3, 0.4) is 0 Å². The maximum Gasteiger partial charge on any atom is 0.250 e. The summed E-state index contributed by atoms with van der Waals surface area (Å²) in [6, 6.07) is 7.45. The SMILES string of the molecule is O=C(CSc1c(Cl)c(Cl)c(Cl)c(Cl)c1Cl)N/N=C\c1ccc(Br)cc1. The van der Waals surface area contributed by atoms with E-state index in [9.17, 15) is 4.79 Å². The van der Waals surface area contributed by atoms with Crippen LogP contribution in [0.15, 0.2) is 38.7 Å². The third kappa shape index (κ3) is 5.67. The van der Waals surface area contributed by atoms with Crippen LogP contribution in [-0.2, 0) is 4.79 Å². The van der Waals surface area contributed by atoms with Gasteiger partial charge in [-0.05, 0) is 17.7 Å². The van der Waals surface area contributed by atoms with Gasteiger partial charge in [-0.2, -0.15) is 5.10 Å². The second-order valence-electron chi connectivity index (χ2n) is 4.53. The first-order valence-corrected chi connectivity index (χ1v) is 10.2. The fourth-order valence-electron chi connectivity index (χ4n) is 1.61. The van der Waals surface area contributed by atoms with Crippen LogP contribution >= 0.6 is 85.7 Å². The third-order valence-electron chi connectivity index (χ3n) is 2.79. The lowest BCUT2D eigenvalue weighted by Gasteiger charge is -2.11. The Labute approximate surface area is 182 Å². The van der Waals surface area contributed by atoms with Gasteiger partial charge in [-0.25, -0.2) is 5.43 Å². The van der Waals surface area contributed by atoms with E-state index >= 15 is 0 Å². The highest BCUT2D eigenvalue weighted by Crippen LogP contribution is 2.47. The second-order valence-corrected chi connectivity index (χ2v) is 8.32. The summed E-state index contributed by atoms with van der Waals surface area (Å²) >= 11 is 34.5. The fraction of sp³-hybridized carbons (Fsp3) is 0.0667. The zero-order valence-electron chi connectivity index (χ0n) is 12.1. The fourth-order valence-corrected chi connectivity index (χ4v) is 4.25. The van der Waals surface area contributed by atoms with Crippen molar-refractivity contribution in [2.24, 2.45) is 5.10 Å². The Kier molecular flexibility index (Phi) is 8.21. The molecule has 10 heteroatoms. The molecule has 0 fully saturated rings. The predicted molar refractivity (Wildman–Crippen MR) is 112 cm³/mol. The smallest absolute Gasteiger partial charge is 0.250 e. The number of hydrogen-bond acceptors (Lipinski definition) is 3. The van der Waals surface area contributed by atoms with Crippen LogP contribution in [0.25, 0.3) is 0 Å². The molecular formula is C15H8BrCl5N2OS. The summed E-state index contributed by atoms with van der Waals surface area (Å²) in [5.41, 5.74) is 3.26. The number of rotatable bonds is 5.